The molecule has 7 heteroatoms. The molecule has 0 fully saturated rings. The summed E-state index contributed by atoms with van der Waals surface area (Å²) in [5.74, 6) is 0. The van der Waals surface area contributed by atoms with Crippen molar-refractivity contribution >= 4 is 22.7 Å². The van der Waals surface area contributed by atoms with E-state index in [0.29, 0.717) is 11.7 Å². The minimum atomic E-state index is 0.588. The summed E-state index contributed by atoms with van der Waals surface area (Å²) in [6, 6.07) is 10.2. The summed E-state index contributed by atoms with van der Waals surface area (Å²) >= 11 is 1.46. The van der Waals surface area contributed by atoms with Crippen LogP contribution in [-0.4, -0.2) is 31.7 Å². The molecule has 0 saturated heterocycles. The van der Waals surface area contributed by atoms with Crippen LogP contribution in [-0.2, 0) is 13.5 Å². The van der Waals surface area contributed by atoms with E-state index in [1.165, 1.54) is 11.8 Å². The van der Waals surface area contributed by atoms with Crippen molar-refractivity contribution in [2.75, 3.05) is 6.54 Å². The van der Waals surface area contributed by atoms with Crippen LogP contribution in [0.1, 0.15) is 5.56 Å². The minimum Gasteiger partial charge on any atom is -0.330 e. The largest absolute Gasteiger partial charge is 0.330 e. The summed E-state index contributed by atoms with van der Waals surface area (Å²) in [6.07, 6.45) is 0.783. The van der Waals surface area contributed by atoms with Gasteiger partial charge in [-0.1, -0.05) is 18.2 Å². The number of nitrogens with two attached hydrogens (primary N) is 1. The molecule has 0 spiro atoms. The zero-order valence-electron chi connectivity index (χ0n) is 11.0. The number of rotatable bonds is 4. The van der Waals surface area contributed by atoms with Crippen LogP contribution in [0.3, 0.4) is 0 Å². The van der Waals surface area contributed by atoms with Crippen molar-refractivity contribution in [1.82, 2.24) is 25.2 Å². The quantitative estimate of drug-likeness (QED) is 0.781. The van der Waals surface area contributed by atoms with E-state index < -0.39 is 0 Å². The van der Waals surface area contributed by atoms with Crippen LogP contribution < -0.4 is 5.73 Å². The lowest BCUT2D eigenvalue weighted by molar-refractivity contribution is 0.664. The molecule has 2 heterocycles. The zero-order valence-corrected chi connectivity index (χ0v) is 11.8. The molecule has 0 saturated carbocycles. The molecule has 2 N–H and O–H groups in total. The van der Waals surface area contributed by atoms with E-state index in [1.807, 2.05) is 25.2 Å². The van der Waals surface area contributed by atoms with Crippen molar-refractivity contribution in [1.29, 1.82) is 0 Å². The predicted molar refractivity (Wildman–Crippen MR) is 77.4 cm³/mol. The van der Waals surface area contributed by atoms with Crippen LogP contribution in [0.25, 0.3) is 10.9 Å². The smallest absolute Gasteiger partial charge is 0.215 e. The fraction of sp³-hybridized carbons (Fsp3) is 0.231. The third-order valence-electron chi connectivity index (χ3n) is 2.95. The van der Waals surface area contributed by atoms with Crippen LogP contribution in [0.15, 0.2) is 40.5 Å². The summed E-state index contributed by atoms with van der Waals surface area (Å²) in [5, 5.41) is 14.2. The molecule has 1 aromatic carbocycles. The van der Waals surface area contributed by atoms with Gasteiger partial charge in [0, 0.05) is 12.4 Å². The van der Waals surface area contributed by atoms with Crippen molar-refractivity contribution in [2.24, 2.45) is 12.8 Å². The summed E-state index contributed by atoms with van der Waals surface area (Å²) < 4.78 is 1.63. The maximum Gasteiger partial charge on any atom is 0.215 e. The molecule has 0 bridgehead atoms. The van der Waals surface area contributed by atoms with Crippen molar-refractivity contribution in [3.8, 4) is 0 Å². The summed E-state index contributed by atoms with van der Waals surface area (Å²) in [7, 11) is 1.81. The summed E-state index contributed by atoms with van der Waals surface area (Å²) in [6.45, 7) is 0.588. The van der Waals surface area contributed by atoms with E-state index in [4.69, 9.17) is 10.7 Å². The van der Waals surface area contributed by atoms with E-state index in [-0.39, 0.29) is 0 Å². The number of hydrogen-bond acceptors (Lipinski definition) is 6. The second-order valence-corrected chi connectivity index (χ2v) is 5.33. The number of tetrazole rings is 1. The SMILES string of the molecule is Cn1nnnc1Sc1nc2ccccc2cc1CCN. The first-order valence-electron chi connectivity index (χ1n) is 6.27. The highest BCUT2D eigenvalue weighted by molar-refractivity contribution is 7.99. The molecule has 6 nitrogen and oxygen atoms in total. The highest BCUT2D eigenvalue weighted by Gasteiger charge is 2.12. The third-order valence-corrected chi connectivity index (χ3v) is 4.02. The average molecular weight is 286 g/mol. The fourth-order valence-corrected chi connectivity index (χ4v) is 2.81. The Morgan fingerprint density at radius 2 is 2.15 bits per heavy atom. The number of hydrogen-bond donors (Lipinski definition) is 1. The number of pyridine rings is 1. The Bertz CT molecular complexity index is 739. The fourth-order valence-electron chi connectivity index (χ4n) is 1.96. The molecule has 0 aliphatic rings. The Labute approximate surface area is 120 Å². The van der Waals surface area contributed by atoms with Crippen LogP contribution in [0.2, 0.25) is 0 Å². The molecule has 0 radical (unpaired) electrons. The Morgan fingerprint density at radius 1 is 1.30 bits per heavy atom. The van der Waals surface area contributed by atoms with Gasteiger partial charge in [-0.2, -0.15) is 0 Å². The van der Waals surface area contributed by atoms with Crippen molar-refractivity contribution in [3.05, 3.63) is 35.9 Å². The van der Waals surface area contributed by atoms with Gasteiger partial charge < -0.3 is 5.73 Å². The minimum absolute atomic E-state index is 0.588. The molecule has 0 aliphatic carbocycles. The van der Waals surface area contributed by atoms with Gasteiger partial charge in [0.25, 0.3) is 0 Å². The van der Waals surface area contributed by atoms with Gasteiger partial charge in [-0.25, -0.2) is 9.67 Å². The van der Waals surface area contributed by atoms with E-state index in [9.17, 15) is 0 Å². The molecule has 102 valence electrons. The number of benzene rings is 1. The van der Waals surface area contributed by atoms with Crippen molar-refractivity contribution in [3.63, 3.8) is 0 Å². The lowest BCUT2D eigenvalue weighted by Gasteiger charge is -2.08. The lowest BCUT2D eigenvalue weighted by atomic mass is 10.1. The normalized spacial score (nSPS) is 11.1. The second kappa shape index (κ2) is 5.56. The van der Waals surface area contributed by atoms with E-state index >= 15 is 0 Å². The lowest BCUT2D eigenvalue weighted by Crippen LogP contribution is -2.05. The number of aromatic nitrogens is 5. The maximum atomic E-state index is 5.69. The number of nitrogens with zero attached hydrogens (tertiary/aromatic N) is 5. The highest BCUT2D eigenvalue weighted by atomic mass is 32.2. The molecule has 2 aromatic heterocycles. The Hall–Kier alpha value is -1.99. The Morgan fingerprint density at radius 3 is 2.90 bits per heavy atom. The second-order valence-electron chi connectivity index (χ2n) is 4.37. The van der Waals surface area contributed by atoms with Crippen molar-refractivity contribution in [2.45, 2.75) is 16.6 Å². The summed E-state index contributed by atoms with van der Waals surface area (Å²) in [4.78, 5) is 4.71. The molecule has 3 aromatic rings. The molecule has 0 atom stereocenters. The first kappa shape index (κ1) is 13.0. The first-order chi connectivity index (χ1) is 9.78. The van der Waals surface area contributed by atoms with Crippen LogP contribution in [0, 0.1) is 0 Å². The maximum absolute atomic E-state index is 5.69. The van der Waals surface area contributed by atoms with Crippen molar-refractivity contribution < 1.29 is 0 Å². The molecular formula is C13H14N6S. The summed E-state index contributed by atoms with van der Waals surface area (Å²) in [5.41, 5.74) is 7.78. The first-order valence-corrected chi connectivity index (χ1v) is 7.08. The molecular weight excluding hydrogens is 272 g/mol. The molecule has 3 rings (SSSR count). The zero-order chi connectivity index (χ0) is 13.9. The van der Waals surface area contributed by atoms with Gasteiger partial charge in [-0.15, -0.1) is 5.10 Å². The number of aryl methyl sites for hydroxylation is 1. The van der Waals surface area contributed by atoms with E-state index in [1.54, 1.807) is 4.68 Å². The third kappa shape index (κ3) is 2.50. The molecule has 0 unspecified atom stereocenters. The molecule has 0 amide bonds. The van der Waals surface area contributed by atoms with Crippen LogP contribution >= 0.6 is 11.8 Å². The molecule has 20 heavy (non-hydrogen) atoms. The number of fused-ring (bicyclic) bond motifs is 1. The van der Waals surface area contributed by atoms with Gasteiger partial charge in [0.05, 0.1) is 5.52 Å². The highest BCUT2D eigenvalue weighted by Crippen LogP contribution is 2.29. The Balaban J connectivity index is 2.07. The standard InChI is InChI=1S/C13H14N6S/c1-19-13(16-17-18-19)20-12-10(6-7-14)8-9-4-2-3-5-11(9)15-12/h2-5,8H,6-7,14H2,1H3. The van der Waals surface area contributed by atoms with Crippen LogP contribution in [0.5, 0.6) is 0 Å². The Kier molecular flexibility index (Phi) is 3.62. The topological polar surface area (TPSA) is 82.5 Å². The monoisotopic (exact) mass is 286 g/mol. The van der Waals surface area contributed by atoms with E-state index in [0.717, 1.165) is 27.9 Å². The van der Waals surface area contributed by atoms with Gasteiger partial charge in [-0.05, 0) is 52.9 Å². The van der Waals surface area contributed by atoms with Gasteiger partial charge in [0.1, 0.15) is 5.03 Å². The van der Waals surface area contributed by atoms with Gasteiger partial charge in [0.2, 0.25) is 5.16 Å². The average Bonchev–Trinajstić information content (AvgIpc) is 2.85. The predicted octanol–water partition coefficient (Wildman–Crippen LogP) is 1.41. The van der Waals surface area contributed by atoms with Gasteiger partial charge in [-0.3, -0.25) is 0 Å². The van der Waals surface area contributed by atoms with Gasteiger partial charge in [0.15, 0.2) is 0 Å². The van der Waals surface area contributed by atoms with Crippen LogP contribution in [0.4, 0.5) is 0 Å². The van der Waals surface area contributed by atoms with Gasteiger partial charge >= 0.3 is 0 Å². The number of para-hydroxylation sites is 1. The van der Waals surface area contributed by atoms with E-state index in [2.05, 4.69) is 27.7 Å². The molecule has 0 aliphatic heterocycles.